The molecule has 1 amide bonds. The van der Waals surface area contributed by atoms with Crippen molar-refractivity contribution in [2.75, 3.05) is 32.8 Å². The van der Waals surface area contributed by atoms with Crippen LogP contribution in [0.5, 0.6) is 0 Å². The second-order valence-electron chi connectivity index (χ2n) is 7.51. The zero-order valence-electron chi connectivity index (χ0n) is 17.4. The fourth-order valence-electron chi connectivity index (χ4n) is 3.56. The number of aromatic nitrogens is 4. The van der Waals surface area contributed by atoms with Crippen molar-refractivity contribution in [2.45, 2.75) is 20.4 Å². The molecule has 0 saturated carbocycles. The van der Waals surface area contributed by atoms with Crippen molar-refractivity contribution < 1.29 is 18.7 Å². The van der Waals surface area contributed by atoms with Gasteiger partial charge >= 0.3 is 5.97 Å². The van der Waals surface area contributed by atoms with Gasteiger partial charge in [0.15, 0.2) is 6.61 Å². The van der Waals surface area contributed by atoms with E-state index >= 15 is 0 Å². The maximum absolute atomic E-state index is 13.8. The summed E-state index contributed by atoms with van der Waals surface area (Å²) in [4.78, 5) is 36.8. The van der Waals surface area contributed by atoms with E-state index in [4.69, 9.17) is 4.74 Å². The minimum Gasteiger partial charge on any atom is -0.450 e. The molecule has 9 nitrogen and oxygen atoms in total. The first-order valence-electron chi connectivity index (χ1n) is 10.0. The standard InChI is InChI=1S/C21H23FN6O3/c1-14-11-15(2)28-21(23-14)24-19(25-28)20(30)31-13-18(29)27-9-7-26(8-10-27)12-16-5-3-4-6-17(16)22/h3-6,11H,7-10,12-13H2,1-2H3. The highest BCUT2D eigenvalue weighted by molar-refractivity contribution is 5.88. The van der Waals surface area contributed by atoms with Gasteiger partial charge in [-0.1, -0.05) is 18.2 Å². The molecule has 162 valence electrons. The SMILES string of the molecule is Cc1cc(C)n2nc(C(=O)OCC(=O)N3CCN(Cc4ccccc4F)CC3)nc2n1. The Kier molecular flexibility index (Phi) is 5.90. The molecule has 0 aliphatic carbocycles. The van der Waals surface area contributed by atoms with Crippen LogP contribution in [-0.2, 0) is 16.1 Å². The first-order chi connectivity index (χ1) is 14.9. The summed E-state index contributed by atoms with van der Waals surface area (Å²) in [6.45, 7) is 5.98. The average molecular weight is 426 g/mol. The van der Waals surface area contributed by atoms with E-state index in [1.165, 1.54) is 10.6 Å². The van der Waals surface area contributed by atoms with E-state index in [0.29, 0.717) is 44.1 Å². The highest BCUT2D eigenvalue weighted by atomic mass is 19.1. The normalized spacial score (nSPS) is 14.7. The largest absolute Gasteiger partial charge is 0.450 e. The first-order valence-corrected chi connectivity index (χ1v) is 10.0. The quantitative estimate of drug-likeness (QED) is 0.569. The second-order valence-corrected chi connectivity index (χ2v) is 7.51. The number of benzene rings is 1. The molecule has 0 N–H and O–H groups in total. The third-order valence-corrected chi connectivity index (χ3v) is 5.20. The topological polar surface area (TPSA) is 92.9 Å². The Morgan fingerprint density at radius 2 is 1.84 bits per heavy atom. The van der Waals surface area contributed by atoms with Crippen LogP contribution in [0.2, 0.25) is 0 Å². The molecule has 3 aromatic rings. The lowest BCUT2D eigenvalue weighted by atomic mass is 10.2. The molecular formula is C21H23FN6O3. The molecule has 1 aliphatic heterocycles. The van der Waals surface area contributed by atoms with Gasteiger partial charge in [-0.15, -0.1) is 5.10 Å². The van der Waals surface area contributed by atoms with E-state index in [1.54, 1.807) is 17.0 Å². The molecule has 4 rings (SSSR count). The Balaban J connectivity index is 1.28. The van der Waals surface area contributed by atoms with Crippen LogP contribution in [0.4, 0.5) is 4.39 Å². The van der Waals surface area contributed by atoms with Crippen molar-refractivity contribution in [3.8, 4) is 0 Å². The van der Waals surface area contributed by atoms with E-state index in [-0.39, 0.29) is 24.2 Å². The molecule has 1 fully saturated rings. The summed E-state index contributed by atoms with van der Waals surface area (Å²) in [6, 6.07) is 8.50. The Labute approximate surface area is 178 Å². The number of rotatable bonds is 5. The molecule has 31 heavy (non-hydrogen) atoms. The number of amides is 1. The second kappa shape index (κ2) is 8.76. The van der Waals surface area contributed by atoms with Gasteiger partial charge in [0, 0.05) is 49.7 Å². The van der Waals surface area contributed by atoms with Crippen molar-refractivity contribution in [3.63, 3.8) is 0 Å². The summed E-state index contributed by atoms with van der Waals surface area (Å²) in [5, 5.41) is 4.11. The zero-order chi connectivity index (χ0) is 22.0. The molecule has 0 bridgehead atoms. The highest BCUT2D eigenvalue weighted by Crippen LogP contribution is 2.12. The molecule has 2 aromatic heterocycles. The lowest BCUT2D eigenvalue weighted by Gasteiger charge is -2.34. The Morgan fingerprint density at radius 1 is 1.10 bits per heavy atom. The molecular weight excluding hydrogens is 403 g/mol. The average Bonchev–Trinajstić information content (AvgIpc) is 3.18. The van der Waals surface area contributed by atoms with Gasteiger partial charge < -0.3 is 9.64 Å². The minimum absolute atomic E-state index is 0.135. The number of fused-ring (bicyclic) bond motifs is 1. The summed E-state index contributed by atoms with van der Waals surface area (Å²) >= 11 is 0. The number of hydrogen-bond donors (Lipinski definition) is 0. The van der Waals surface area contributed by atoms with Crippen LogP contribution in [0.3, 0.4) is 0 Å². The number of ether oxygens (including phenoxy) is 1. The van der Waals surface area contributed by atoms with Gasteiger partial charge in [0.2, 0.25) is 0 Å². The van der Waals surface area contributed by atoms with Crippen molar-refractivity contribution in [3.05, 3.63) is 58.9 Å². The first kappa shape index (κ1) is 20.9. The van der Waals surface area contributed by atoms with Crippen LogP contribution >= 0.6 is 0 Å². The highest BCUT2D eigenvalue weighted by Gasteiger charge is 2.24. The number of halogens is 1. The van der Waals surface area contributed by atoms with Gasteiger partial charge in [-0.2, -0.15) is 4.98 Å². The predicted octanol–water partition coefficient (Wildman–Crippen LogP) is 1.38. The molecule has 0 spiro atoms. The molecule has 10 heteroatoms. The van der Waals surface area contributed by atoms with Crippen LogP contribution in [0.1, 0.15) is 27.6 Å². The fourth-order valence-corrected chi connectivity index (χ4v) is 3.56. The molecule has 1 saturated heterocycles. The van der Waals surface area contributed by atoms with Crippen LogP contribution in [0.15, 0.2) is 30.3 Å². The van der Waals surface area contributed by atoms with Gasteiger partial charge in [-0.3, -0.25) is 9.69 Å². The van der Waals surface area contributed by atoms with Gasteiger partial charge in [-0.25, -0.2) is 18.7 Å². The van der Waals surface area contributed by atoms with Crippen LogP contribution in [0, 0.1) is 19.7 Å². The smallest absolute Gasteiger partial charge is 0.378 e. The number of nitrogens with zero attached hydrogens (tertiary/aromatic N) is 6. The molecule has 1 aliphatic rings. The van der Waals surface area contributed by atoms with Gasteiger partial charge in [0.05, 0.1) is 0 Å². The summed E-state index contributed by atoms with van der Waals surface area (Å²) in [5.74, 6) is -1.11. The van der Waals surface area contributed by atoms with Gasteiger partial charge in [0.25, 0.3) is 17.5 Å². The molecule has 0 atom stereocenters. The molecule has 0 radical (unpaired) electrons. The Morgan fingerprint density at radius 3 is 2.58 bits per heavy atom. The number of piperazine rings is 1. The summed E-state index contributed by atoms with van der Waals surface area (Å²) in [7, 11) is 0. The number of aryl methyl sites for hydroxylation is 2. The predicted molar refractivity (Wildman–Crippen MR) is 109 cm³/mol. The molecule has 0 unspecified atom stereocenters. The number of hydrogen-bond acceptors (Lipinski definition) is 7. The van der Waals surface area contributed by atoms with Crippen LogP contribution in [0.25, 0.3) is 5.78 Å². The maximum Gasteiger partial charge on any atom is 0.378 e. The number of carbonyl (C=O) groups excluding carboxylic acids is 2. The van der Waals surface area contributed by atoms with E-state index in [9.17, 15) is 14.0 Å². The van der Waals surface area contributed by atoms with E-state index in [2.05, 4.69) is 20.0 Å². The van der Waals surface area contributed by atoms with Crippen molar-refractivity contribution in [1.29, 1.82) is 0 Å². The zero-order valence-corrected chi connectivity index (χ0v) is 17.4. The number of esters is 1. The van der Waals surface area contributed by atoms with E-state index < -0.39 is 5.97 Å². The maximum atomic E-state index is 13.8. The minimum atomic E-state index is -0.769. The Hall–Kier alpha value is -3.40. The summed E-state index contributed by atoms with van der Waals surface area (Å²) in [5.41, 5.74) is 2.19. The lowest BCUT2D eigenvalue weighted by molar-refractivity contribution is -0.136. The summed E-state index contributed by atoms with van der Waals surface area (Å²) < 4.78 is 20.4. The van der Waals surface area contributed by atoms with E-state index in [0.717, 1.165) is 11.4 Å². The number of carbonyl (C=O) groups is 2. The third-order valence-electron chi connectivity index (χ3n) is 5.20. The van der Waals surface area contributed by atoms with Crippen molar-refractivity contribution in [1.82, 2.24) is 29.4 Å². The van der Waals surface area contributed by atoms with Gasteiger partial charge in [-0.05, 0) is 26.0 Å². The monoisotopic (exact) mass is 426 g/mol. The van der Waals surface area contributed by atoms with Crippen molar-refractivity contribution >= 4 is 17.7 Å². The fraction of sp³-hybridized carbons (Fsp3) is 0.381. The summed E-state index contributed by atoms with van der Waals surface area (Å²) in [6.07, 6.45) is 0. The molecule has 3 heterocycles. The lowest BCUT2D eigenvalue weighted by Crippen LogP contribution is -2.49. The van der Waals surface area contributed by atoms with Crippen LogP contribution in [-0.4, -0.2) is 74.0 Å². The third kappa shape index (κ3) is 4.69. The molecule has 1 aromatic carbocycles. The Bertz CT molecular complexity index is 1120. The van der Waals surface area contributed by atoms with Gasteiger partial charge in [0.1, 0.15) is 5.82 Å². The van der Waals surface area contributed by atoms with Crippen LogP contribution < -0.4 is 0 Å². The van der Waals surface area contributed by atoms with Crippen molar-refractivity contribution in [2.24, 2.45) is 0 Å². The van der Waals surface area contributed by atoms with E-state index in [1.807, 2.05) is 26.0 Å².